The lowest BCUT2D eigenvalue weighted by Gasteiger charge is -2.12. The van der Waals surface area contributed by atoms with Gasteiger partial charge in [-0.1, -0.05) is 34.8 Å². The second-order valence-electron chi connectivity index (χ2n) is 4.67. The predicted octanol–water partition coefficient (Wildman–Crippen LogP) is 4.58. The molecule has 2 rings (SSSR count). The second kappa shape index (κ2) is 8.24. The number of carbonyl (C=O) groups is 1. The van der Waals surface area contributed by atoms with Crippen LogP contribution in [0.15, 0.2) is 30.3 Å². The number of anilines is 1. The lowest BCUT2D eigenvalue weighted by Crippen LogP contribution is -2.20. The molecule has 0 bridgehead atoms. The maximum Gasteiger partial charge on any atom is 0.273 e. The molecule has 25 heavy (non-hydrogen) atoms. The van der Waals surface area contributed by atoms with Gasteiger partial charge in [0.25, 0.3) is 11.6 Å². The van der Waals surface area contributed by atoms with Crippen molar-refractivity contribution in [3.63, 3.8) is 0 Å². The number of amides is 1. The molecule has 10 heteroatoms. The van der Waals surface area contributed by atoms with E-state index in [2.05, 4.69) is 5.32 Å². The number of ether oxygens (including phenoxy) is 2. The van der Waals surface area contributed by atoms with Gasteiger partial charge < -0.3 is 14.8 Å². The van der Waals surface area contributed by atoms with Crippen LogP contribution in [0.25, 0.3) is 0 Å². The van der Waals surface area contributed by atoms with Crippen molar-refractivity contribution in [2.24, 2.45) is 0 Å². The largest absolute Gasteiger partial charge is 0.493 e. The minimum absolute atomic E-state index is 0.129. The van der Waals surface area contributed by atoms with E-state index in [0.717, 1.165) is 0 Å². The lowest BCUT2D eigenvalue weighted by atomic mass is 10.3. The first kappa shape index (κ1) is 19.1. The summed E-state index contributed by atoms with van der Waals surface area (Å²) in [6.45, 7) is -0.385. The summed E-state index contributed by atoms with van der Waals surface area (Å²) in [6.07, 6.45) is 0. The van der Waals surface area contributed by atoms with E-state index < -0.39 is 10.8 Å². The molecule has 1 amide bonds. The number of nitro groups is 1. The van der Waals surface area contributed by atoms with Gasteiger partial charge in [0.1, 0.15) is 0 Å². The lowest BCUT2D eigenvalue weighted by molar-refractivity contribution is -0.384. The Morgan fingerprint density at radius 1 is 1.16 bits per heavy atom. The van der Waals surface area contributed by atoms with E-state index in [1.807, 2.05) is 0 Å². The van der Waals surface area contributed by atoms with Crippen molar-refractivity contribution in [2.75, 3.05) is 19.0 Å². The van der Waals surface area contributed by atoms with Crippen molar-refractivity contribution in [3.8, 4) is 11.5 Å². The van der Waals surface area contributed by atoms with E-state index in [9.17, 15) is 14.9 Å². The Labute approximate surface area is 157 Å². The van der Waals surface area contributed by atoms with E-state index in [0.29, 0.717) is 5.02 Å². The molecule has 1 N–H and O–H groups in total. The maximum atomic E-state index is 12.0. The van der Waals surface area contributed by atoms with Gasteiger partial charge >= 0.3 is 0 Å². The van der Waals surface area contributed by atoms with Gasteiger partial charge in [0.15, 0.2) is 18.1 Å². The molecule has 0 unspecified atom stereocenters. The van der Waals surface area contributed by atoms with E-state index in [-0.39, 0.29) is 39.5 Å². The maximum absolute atomic E-state index is 12.0. The Kier molecular flexibility index (Phi) is 6.30. The smallest absolute Gasteiger partial charge is 0.273 e. The zero-order chi connectivity index (χ0) is 18.6. The Balaban J connectivity index is 2.07. The molecule has 2 aromatic carbocycles. The van der Waals surface area contributed by atoms with E-state index >= 15 is 0 Å². The molecule has 0 aliphatic carbocycles. The molecular formula is C15H11Cl3N2O5. The Morgan fingerprint density at radius 2 is 1.80 bits per heavy atom. The summed E-state index contributed by atoms with van der Waals surface area (Å²) in [5.41, 5.74) is 0.0466. The number of nitro benzene ring substituents is 1. The number of rotatable bonds is 6. The van der Waals surface area contributed by atoms with Crippen LogP contribution in [-0.2, 0) is 4.79 Å². The monoisotopic (exact) mass is 404 g/mol. The summed E-state index contributed by atoms with van der Waals surface area (Å²) >= 11 is 17.8. The molecule has 0 aliphatic heterocycles. The van der Waals surface area contributed by atoms with Crippen LogP contribution in [0.4, 0.5) is 11.4 Å². The average Bonchev–Trinajstić information content (AvgIpc) is 2.55. The molecule has 0 atom stereocenters. The third-order valence-corrected chi connectivity index (χ3v) is 3.80. The summed E-state index contributed by atoms with van der Waals surface area (Å²) < 4.78 is 10.3. The number of non-ortho nitro benzene ring substituents is 1. The standard InChI is InChI=1S/C15H11Cl3N2O5/c1-24-13-6-9(20(22)23)2-3-12(13)25-7-14(21)19-15-10(17)4-8(16)5-11(15)18/h2-6H,7H2,1H3,(H,19,21). The summed E-state index contributed by atoms with van der Waals surface area (Å²) in [5.74, 6) is -0.229. The van der Waals surface area contributed by atoms with Crippen LogP contribution in [0.1, 0.15) is 0 Å². The van der Waals surface area contributed by atoms with Crippen LogP contribution in [0.2, 0.25) is 15.1 Å². The molecule has 0 saturated heterocycles. The van der Waals surface area contributed by atoms with E-state index in [1.54, 1.807) is 0 Å². The van der Waals surface area contributed by atoms with Crippen LogP contribution in [0.3, 0.4) is 0 Å². The van der Waals surface area contributed by atoms with Crippen LogP contribution in [0, 0.1) is 10.1 Å². The number of methoxy groups -OCH3 is 1. The third-order valence-electron chi connectivity index (χ3n) is 2.99. The highest BCUT2D eigenvalue weighted by molar-refractivity contribution is 6.42. The average molecular weight is 406 g/mol. The number of nitrogens with zero attached hydrogens (tertiary/aromatic N) is 1. The Bertz CT molecular complexity index is 806. The first-order valence-corrected chi connectivity index (χ1v) is 7.85. The molecule has 0 radical (unpaired) electrons. The van der Waals surface area contributed by atoms with Crippen molar-refractivity contribution >= 4 is 52.1 Å². The van der Waals surface area contributed by atoms with Crippen molar-refractivity contribution in [1.29, 1.82) is 0 Å². The predicted molar refractivity (Wildman–Crippen MR) is 95.2 cm³/mol. The van der Waals surface area contributed by atoms with Gasteiger partial charge in [-0.25, -0.2) is 0 Å². The first-order chi connectivity index (χ1) is 11.8. The highest BCUT2D eigenvalue weighted by Gasteiger charge is 2.15. The van der Waals surface area contributed by atoms with Crippen LogP contribution >= 0.6 is 34.8 Å². The molecule has 0 spiro atoms. The molecule has 132 valence electrons. The van der Waals surface area contributed by atoms with Crippen molar-refractivity contribution in [1.82, 2.24) is 0 Å². The summed E-state index contributed by atoms with van der Waals surface area (Å²) in [6, 6.07) is 6.64. The molecule has 0 aromatic heterocycles. The minimum atomic E-state index is -0.566. The number of nitrogens with one attached hydrogen (secondary N) is 1. The number of halogens is 3. The van der Waals surface area contributed by atoms with Crippen molar-refractivity contribution < 1.29 is 19.2 Å². The normalized spacial score (nSPS) is 10.2. The second-order valence-corrected chi connectivity index (χ2v) is 5.92. The molecule has 2 aromatic rings. The summed E-state index contributed by atoms with van der Waals surface area (Å²) in [5, 5.41) is 13.9. The fourth-order valence-electron chi connectivity index (χ4n) is 1.87. The SMILES string of the molecule is COc1cc([N+](=O)[O-])ccc1OCC(=O)Nc1c(Cl)cc(Cl)cc1Cl. The highest BCUT2D eigenvalue weighted by atomic mass is 35.5. The van der Waals surface area contributed by atoms with Crippen molar-refractivity contribution in [2.45, 2.75) is 0 Å². The highest BCUT2D eigenvalue weighted by Crippen LogP contribution is 2.34. The van der Waals surface area contributed by atoms with Gasteiger partial charge in [-0.05, 0) is 18.2 Å². The van der Waals surface area contributed by atoms with E-state index in [4.69, 9.17) is 44.3 Å². The quantitative estimate of drug-likeness (QED) is 0.561. The fraction of sp³-hybridized carbons (Fsp3) is 0.133. The molecule has 0 saturated carbocycles. The van der Waals surface area contributed by atoms with Gasteiger partial charge in [-0.15, -0.1) is 0 Å². The molecule has 0 aliphatic rings. The summed E-state index contributed by atoms with van der Waals surface area (Å²) in [4.78, 5) is 22.2. The third kappa shape index (κ3) is 4.88. The molecular weight excluding hydrogens is 395 g/mol. The molecule has 0 heterocycles. The van der Waals surface area contributed by atoms with Gasteiger partial charge in [-0.2, -0.15) is 0 Å². The number of benzene rings is 2. The number of carbonyl (C=O) groups excluding carboxylic acids is 1. The van der Waals surface area contributed by atoms with Crippen LogP contribution < -0.4 is 14.8 Å². The van der Waals surface area contributed by atoms with E-state index in [1.165, 1.54) is 37.4 Å². The van der Waals surface area contributed by atoms with Crippen molar-refractivity contribution in [3.05, 3.63) is 55.5 Å². The first-order valence-electron chi connectivity index (χ1n) is 6.71. The summed E-state index contributed by atoms with van der Waals surface area (Å²) in [7, 11) is 1.33. The Morgan fingerprint density at radius 3 is 2.36 bits per heavy atom. The van der Waals surface area contributed by atoms with Crippen LogP contribution in [0.5, 0.6) is 11.5 Å². The topological polar surface area (TPSA) is 90.7 Å². The fourth-order valence-corrected chi connectivity index (χ4v) is 2.78. The minimum Gasteiger partial charge on any atom is -0.493 e. The van der Waals surface area contributed by atoms with Crippen LogP contribution in [-0.4, -0.2) is 24.5 Å². The zero-order valence-corrected chi connectivity index (χ0v) is 15.0. The number of hydrogen-bond donors (Lipinski definition) is 1. The van der Waals surface area contributed by atoms with Gasteiger partial charge in [0.2, 0.25) is 0 Å². The number of hydrogen-bond acceptors (Lipinski definition) is 5. The zero-order valence-electron chi connectivity index (χ0n) is 12.7. The van der Waals surface area contributed by atoms with Gasteiger partial charge in [-0.3, -0.25) is 14.9 Å². The molecule has 7 nitrogen and oxygen atoms in total. The van der Waals surface area contributed by atoms with Gasteiger partial charge in [0.05, 0.1) is 33.8 Å². The molecule has 0 fully saturated rings. The van der Waals surface area contributed by atoms with Gasteiger partial charge in [0, 0.05) is 11.1 Å². The Hall–Kier alpha value is -2.22.